The quantitative estimate of drug-likeness (QED) is 0.697. The molecule has 1 heterocycles. The predicted octanol–water partition coefficient (Wildman–Crippen LogP) is 0.573. The molecule has 0 bridgehead atoms. The van der Waals surface area contributed by atoms with Gasteiger partial charge < -0.3 is 16.0 Å². The first-order valence-corrected chi connectivity index (χ1v) is 6.37. The predicted molar refractivity (Wildman–Crippen MR) is 66.1 cm³/mol. The van der Waals surface area contributed by atoms with Crippen LogP contribution in [0.5, 0.6) is 0 Å². The second kappa shape index (κ2) is 7.63. The lowest BCUT2D eigenvalue weighted by atomic mass is 9.95. The Morgan fingerprint density at radius 1 is 1.56 bits per heavy atom. The van der Waals surface area contributed by atoms with Crippen molar-refractivity contribution in [2.75, 3.05) is 33.2 Å². The molecule has 94 valence electrons. The summed E-state index contributed by atoms with van der Waals surface area (Å²) >= 11 is 0. The van der Waals surface area contributed by atoms with Crippen LogP contribution in [-0.2, 0) is 4.79 Å². The van der Waals surface area contributed by atoms with E-state index < -0.39 is 0 Å². The summed E-state index contributed by atoms with van der Waals surface area (Å²) in [6, 6.07) is 0. The molecular weight excluding hydrogens is 202 g/mol. The molecule has 1 aliphatic heterocycles. The van der Waals surface area contributed by atoms with Crippen molar-refractivity contribution in [3.05, 3.63) is 0 Å². The highest BCUT2D eigenvalue weighted by Crippen LogP contribution is 2.17. The van der Waals surface area contributed by atoms with Crippen molar-refractivity contribution in [2.45, 2.75) is 32.1 Å². The zero-order chi connectivity index (χ0) is 11.8. The van der Waals surface area contributed by atoms with Crippen molar-refractivity contribution >= 4 is 5.91 Å². The Morgan fingerprint density at radius 3 is 3.06 bits per heavy atom. The number of likely N-dealkylation sites (tertiary alicyclic amines) is 1. The molecule has 1 unspecified atom stereocenters. The van der Waals surface area contributed by atoms with Gasteiger partial charge in [0.1, 0.15) is 0 Å². The lowest BCUT2D eigenvalue weighted by Gasteiger charge is -2.29. The Labute approximate surface area is 98.6 Å². The Balaban J connectivity index is 2.03. The molecule has 1 aliphatic rings. The number of piperidine rings is 1. The highest BCUT2D eigenvalue weighted by molar-refractivity contribution is 5.75. The molecule has 1 saturated heterocycles. The van der Waals surface area contributed by atoms with Crippen LogP contribution in [0.4, 0.5) is 0 Å². The number of nitrogens with one attached hydrogen (secondary N) is 1. The van der Waals surface area contributed by atoms with Gasteiger partial charge in [-0.1, -0.05) is 0 Å². The molecule has 16 heavy (non-hydrogen) atoms. The topological polar surface area (TPSA) is 58.4 Å². The van der Waals surface area contributed by atoms with E-state index in [9.17, 15) is 4.79 Å². The summed E-state index contributed by atoms with van der Waals surface area (Å²) < 4.78 is 0. The molecular formula is C12H25N3O. The van der Waals surface area contributed by atoms with Gasteiger partial charge in [-0.15, -0.1) is 0 Å². The molecule has 1 amide bonds. The van der Waals surface area contributed by atoms with Crippen LogP contribution in [-0.4, -0.2) is 44.0 Å². The Bertz CT molecular complexity index is 208. The number of nitrogens with two attached hydrogens (primary N) is 1. The fraction of sp³-hybridized carbons (Fsp3) is 0.917. The summed E-state index contributed by atoms with van der Waals surface area (Å²) in [4.78, 5) is 13.7. The molecule has 1 rings (SSSR count). The fourth-order valence-corrected chi connectivity index (χ4v) is 2.28. The molecule has 1 fully saturated rings. The van der Waals surface area contributed by atoms with Crippen molar-refractivity contribution in [1.82, 2.24) is 10.2 Å². The molecule has 0 spiro atoms. The highest BCUT2D eigenvalue weighted by Gasteiger charge is 2.16. The number of nitrogens with zero attached hydrogens (tertiary/aromatic N) is 1. The fourth-order valence-electron chi connectivity index (χ4n) is 2.28. The van der Waals surface area contributed by atoms with Gasteiger partial charge in [0.15, 0.2) is 0 Å². The molecule has 4 heteroatoms. The lowest BCUT2D eigenvalue weighted by molar-refractivity contribution is -0.121. The van der Waals surface area contributed by atoms with E-state index in [1.165, 1.54) is 25.9 Å². The summed E-state index contributed by atoms with van der Waals surface area (Å²) in [7, 11) is 2.17. The standard InChI is InChI=1S/C12H25N3O/c1-15-9-3-4-11(10-15)6-8-14-12(16)5-2-7-13/h11H,2-10,13H2,1H3,(H,14,16). The minimum Gasteiger partial charge on any atom is -0.356 e. The van der Waals surface area contributed by atoms with Crippen LogP contribution in [0.1, 0.15) is 32.1 Å². The van der Waals surface area contributed by atoms with E-state index in [1.807, 2.05) is 0 Å². The van der Waals surface area contributed by atoms with Crippen molar-refractivity contribution in [3.63, 3.8) is 0 Å². The molecule has 0 aromatic heterocycles. The average Bonchev–Trinajstić information content (AvgIpc) is 2.26. The maximum Gasteiger partial charge on any atom is 0.220 e. The third kappa shape index (κ3) is 5.47. The number of rotatable bonds is 6. The summed E-state index contributed by atoms with van der Waals surface area (Å²) in [6.07, 6.45) is 5.07. The molecule has 3 N–H and O–H groups in total. The average molecular weight is 227 g/mol. The van der Waals surface area contributed by atoms with Gasteiger partial charge >= 0.3 is 0 Å². The first kappa shape index (κ1) is 13.5. The molecule has 1 atom stereocenters. The lowest BCUT2D eigenvalue weighted by Crippen LogP contribution is -2.34. The summed E-state index contributed by atoms with van der Waals surface area (Å²) in [5.41, 5.74) is 5.35. The molecule has 0 aromatic carbocycles. The van der Waals surface area contributed by atoms with Gasteiger partial charge in [0.25, 0.3) is 0 Å². The minimum atomic E-state index is 0.148. The van der Waals surface area contributed by atoms with Gasteiger partial charge in [0, 0.05) is 19.5 Å². The van der Waals surface area contributed by atoms with Crippen LogP contribution in [0.25, 0.3) is 0 Å². The van der Waals surface area contributed by atoms with Crippen molar-refractivity contribution < 1.29 is 4.79 Å². The van der Waals surface area contributed by atoms with Crippen LogP contribution < -0.4 is 11.1 Å². The molecule has 4 nitrogen and oxygen atoms in total. The van der Waals surface area contributed by atoms with E-state index in [1.54, 1.807) is 0 Å². The summed E-state index contributed by atoms with van der Waals surface area (Å²) in [5, 5.41) is 2.97. The second-order valence-corrected chi connectivity index (χ2v) is 4.80. The van der Waals surface area contributed by atoms with Gasteiger partial charge in [-0.2, -0.15) is 0 Å². The van der Waals surface area contributed by atoms with E-state index in [0.29, 0.717) is 13.0 Å². The van der Waals surface area contributed by atoms with Gasteiger partial charge in [-0.25, -0.2) is 0 Å². The van der Waals surface area contributed by atoms with E-state index in [-0.39, 0.29) is 5.91 Å². The molecule has 0 radical (unpaired) electrons. The zero-order valence-corrected chi connectivity index (χ0v) is 10.4. The third-order valence-corrected chi connectivity index (χ3v) is 3.20. The number of carbonyl (C=O) groups excluding carboxylic acids is 1. The van der Waals surface area contributed by atoms with Crippen molar-refractivity contribution in [1.29, 1.82) is 0 Å². The van der Waals surface area contributed by atoms with E-state index >= 15 is 0 Å². The minimum absolute atomic E-state index is 0.148. The maximum atomic E-state index is 11.3. The second-order valence-electron chi connectivity index (χ2n) is 4.80. The normalized spacial score (nSPS) is 22.0. The smallest absolute Gasteiger partial charge is 0.220 e. The number of carbonyl (C=O) groups is 1. The van der Waals surface area contributed by atoms with Gasteiger partial charge in [0.2, 0.25) is 5.91 Å². The van der Waals surface area contributed by atoms with Crippen molar-refractivity contribution in [2.24, 2.45) is 11.7 Å². The number of hydrogen-bond acceptors (Lipinski definition) is 3. The number of hydrogen-bond donors (Lipinski definition) is 2. The van der Waals surface area contributed by atoms with Crippen LogP contribution in [0, 0.1) is 5.92 Å². The zero-order valence-electron chi connectivity index (χ0n) is 10.4. The molecule has 0 aromatic rings. The Kier molecular flexibility index (Phi) is 6.42. The first-order chi connectivity index (χ1) is 7.72. The van der Waals surface area contributed by atoms with E-state index in [2.05, 4.69) is 17.3 Å². The van der Waals surface area contributed by atoms with E-state index in [4.69, 9.17) is 5.73 Å². The Hall–Kier alpha value is -0.610. The summed E-state index contributed by atoms with van der Waals surface area (Å²) in [5.74, 6) is 0.906. The van der Waals surface area contributed by atoms with Crippen LogP contribution in [0.15, 0.2) is 0 Å². The Morgan fingerprint density at radius 2 is 2.38 bits per heavy atom. The highest BCUT2D eigenvalue weighted by atomic mass is 16.1. The van der Waals surface area contributed by atoms with Gasteiger partial charge in [0.05, 0.1) is 0 Å². The summed E-state index contributed by atoms with van der Waals surface area (Å²) in [6.45, 7) is 3.82. The maximum absolute atomic E-state index is 11.3. The van der Waals surface area contributed by atoms with Crippen LogP contribution in [0.2, 0.25) is 0 Å². The molecule has 0 aliphatic carbocycles. The first-order valence-electron chi connectivity index (χ1n) is 6.37. The monoisotopic (exact) mass is 227 g/mol. The van der Waals surface area contributed by atoms with Gasteiger partial charge in [-0.3, -0.25) is 4.79 Å². The third-order valence-electron chi connectivity index (χ3n) is 3.20. The van der Waals surface area contributed by atoms with Crippen LogP contribution in [0.3, 0.4) is 0 Å². The molecule has 0 saturated carbocycles. The van der Waals surface area contributed by atoms with E-state index in [0.717, 1.165) is 25.3 Å². The van der Waals surface area contributed by atoms with Gasteiger partial charge in [-0.05, 0) is 51.7 Å². The SMILES string of the molecule is CN1CCCC(CCNC(=O)CCCN)C1. The van der Waals surface area contributed by atoms with Crippen molar-refractivity contribution in [3.8, 4) is 0 Å². The largest absolute Gasteiger partial charge is 0.356 e. The van der Waals surface area contributed by atoms with Crippen LogP contribution >= 0.6 is 0 Å². The number of amides is 1.